The molecule has 2 rings (SSSR count). The van der Waals surface area contributed by atoms with E-state index in [1.54, 1.807) is 0 Å². The highest BCUT2D eigenvalue weighted by Crippen LogP contribution is 2.24. The van der Waals surface area contributed by atoms with Gasteiger partial charge in [-0.2, -0.15) is 0 Å². The second-order valence-corrected chi connectivity index (χ2v) is 6.85. The molecule has 0 aliphatic carbocycles. The Morgan fingerprint density at radius 3 is 2.91 bits per heavy atom. The maximum atomic E-state index is 11.5. The second kappa shape index (κ2) is 8.53. The van der Waals surface area contributed by atoms with Gasteiger partial charge in [-0.15, -0.1) is 0 Å². The molecule has 1 aromatic carbocycles. The highest BCUT2D eigenvalue weighted by molar-refractivity contribution is 9.10. The molecule has 0 saturated carbocycles. The van der Waals surface area contributed by atoms with Crippen LogP contribution in [0.3, 0.4) is 0 Å². The molecule has 0 spiro atoms. The Hall–Kier alpha value is -1.07. The van der Waals surface area contributed by atoms with Gasteiger partial charge in [-0.3, -0.25) is 4.79 Å². The van der Waals surface area contributed by atoms with E-state index in [0.29, 0.717) is 5.91 Å². The van der Waals surface area contributed by atoms with Gasteiger partial charge >= 0.3 is 0 Å². The minimum atomic E-state index is 0.168. The first-order valence-electron chi connectivity index (χ1n) is 8.00. The van der Waals surface area contributed by atoms with Crippen molar-refractivity contribution < 1.29 is 9.53 Å². The summed E-state index contributed by atoms with van der Waals surface area (Å²) in [5.41, 5.74) is 1.15. The van der Waals surface area contributed by atoms with Crippen molar-refractivity contribution in [2.75, 3.05) is 19.6 Å². The number of halogens is 1. The predicted molar refractivity (Wildman–Crippen MR) is 92.0 cm³/mol. The smallest absolute Gasteiger partial charge is 0.222 e. The van der Waals surface area contributed by atoms with E-state index in [0.717, 1.165) is 61.2 Å². The van der Waals surface area contributed by atoms with Gasteiger partial charge in [-0.25, -0.2) is 0 Å². The van der Waals surface area contributed by atoms with Crippen LogP contribution in [-0.4, -0.2) is 36.5 Å². The van der Waals surface area contributed by atoms with Crippen LogP contribution in [0.5, 0.6) is 5.75 Å². The number of rotatable bonds is 8. The number of likely N-dealkylation sites (tertiary alicyclic amines) is 1. The monoisotopic (exact) mass is 368 g/mol. The molecule has 1 aromatic rings. The SMILES string of the molecule is CC(C)Oc1ccc(Br)cc1CNCCCN1CCCC1=O. The molecule has 1 fully saturated rings. The molecule has 0 bridgehead atoms. The van der Waals surface area contributed by atoms with E-state index in [9.17, 15) is 4.79 Å². The first-order valence-corrected chi connectivity index (χ1v) is 8.79. The lowest BCUT2D eigenvalue weighted by molar-refractivity contribution is -0.127. The fraction of sp³-hybridized carbons (Fsp3) is 0.588. The molecule has 0 radical (unpaired) electrons. The zero-order valence-corrected chi connectivity index (χ0v) is 15.0. The fourth-order valence-corrected chi connectivity index (χ4v) is 3.02. The fourth-order valence-electron chi connectivity index (χ4n) is 2.61. The molecule has 1 aliphatic heterocycles. The first-order chi connectivity index (χ1) is 10.6. The zero-order chi connectivity index (χ0) is 15.9. The average Bonchev–Trinajstić information content (AvgIpc) is 2.86. The molecule has 0 atom stereocenters. The number of nitrogens with one attached hydrogen (secondary N) is 1. The third-order valence-corrected chi connectivity index (χ3v) is 4.15. The quantitative estimate of drug-likeness (QED) is 0.715. The Kier molecular flexibility index (Phi) is 6.70. The van der Waals surface area contributed by atoms with E-state index >= 15 is 0 Å². The minimum absolute atomic E-state index is 0.168. The molecule has 1 amide bonds. The lowest BCUT2D eigenvalue weighted by Gasteiger charge is -2.17. The van der Waals surface area contributed by atoms with Crippen molar-refractivity contribution in [3.8, 4) is 5.75 Å². The van der Waals surface area contributed by atoms with E-state index in [1.807, 2.05) is 30.9 Å². The summed E-state index contributed by atoms with van der Waals surface area (Å²) in [5, 5.41) is 3.44. The molecule has 4 nitrogen and oxygen atoms in total. The van der Waals surface area contributed by atoms with Crippen molar-refractivity contribution in [1.29, 1.82) is 0 Å². The highest BCUT2D eigenvalue weighted by Gasteiger charge is 2.18. The Labute approximate surface area is 141 Å². The molecule has 1 N–H and O–H groups in total. The third-order valence-electron chi connectivity index (χ3n) is 3.65. The van der Waals surface area contributed by atoms with E-state index in [1.165, 1.54) is 0 Å². The Morgan fingerprint density at radius 2 is 2.23 bits per heavy atom. The number of hydrogen-bond donors (Lipinski definition) is 1. The summed E-state index contributed by atoms with van der Waals surface area (Å²) < 4.78 is 6.90. The number of amides is 1. The van der Waals surface area contributed by atoms with Gasteiger partial charge in [0.05, 0.1) is 6.10 Å². The van der Waals surface area contributed by atoms with Crippen LogP contribution in [0.1, 0.15) is 38.7 Å². The summed E-state index contributed by atoms with van der Waals surface area (Å²) in [6, 6.07) is 6.10. The van der Waals surface area contributed by atoms with Crippen LogP contribution in [0.25, 0.3) is 0 Å². The van der Waals surface area contributed by atoms with Gasteiger partial charge < -0.3 is 15.0 Å². The number of nitrogens with zero attached hydrogens (tertiary/aromatic N) is 1. The van der Waals surface area contributed by atoms with Gasteiger partial charge in [-0.1, -0.05) is 15.9 Å². The first kappa shape index (κ1) is 17.3. The standard InChI is InChI=1S/C17H25BrN2O2/c1-13(2)22-16-7-6-15(18)11-14(16)12-19-8-4-10-20-9-3-5-17(20)21/h6-7,11,13,19H,3-5,8-10,12H2,1-2H3. The van der Waals surface area contributed by atoms with Gasteiger partial charge in [0.2, 0.25) is 5.91 Å². The normalized spacial score (nSPS) is 14.9. The number of benzene rings is 1. The number of hydrogen-bond acceptors (Lipinski definition) is 3. The predicted octanol–water partition coefficient (Wildman–Crippen LogP) is 3.34. The summed E-state index contributed by atoms with van der Waals surface area (Å²) in [6.07, 6.45) is 2.89. The van der Waals surface area contributed by atoms with Gasteiger partial charge in [0.1, 0.15) is 5.75 Å². The largest absolute Gasteiger partial charge is 0.491 e. The molecule has 5 heteroatoms. The summed E-state index contributed by atoms with van der Waals surface area (Å²) in [4.78, 5) is 13.5. The van der Waals surface area contributed by atoms with Crippen LogP contribution in [0.2, 0.25) is 0 Å². The maximum Gasteiger partial charge on any atom is 0.222 e. The lowest BCUT2D eigenvalue weighted by atomic mass is 10.2. The summed E-state index contributed by atoms with van der Waals surface area (Å²) in [6.45, 7) is 7.53. The van der Waals surface area contributed by atoms with Gasteiger partial charge in [-0.05, 0) is 51.4 Å². The Morgan fingerprint density at radius 1 is 1.41 bits per heavy atom. The Balaban J connectivity index is 1.76. The van der Waals surface area contributed by atoms with E-state index in [-0.39, 0.29) is 6.10 Å². The Bertz CT molecular complexity index is 505. The number of carbonyl (C=O) groups is 1. The number of carbonyl (C=O) groups excluding carboxylic acids is 1. The van der Waals surface area contributed by atoms with Crippen molar-refractivity contribution in [2.45, 2.75) is 45.8 Å². The van der Waals surface area contributed by atoms with Gasteiger partial charge in [0.15, 0.2) is 0 Å². The third kappa shape index (κ3) is 5.29. The van der Waals surface area contributed by atoms with Crippen LogP contribution in [0, 0.1) is 0 Å². The summed E-state index contributed by atoms with van der Waals surface area (Å²) >= 11 is 3.51. The van der Waals surface area contributed by atoms with E-state index in [2.05, 4.69) is 27.3 Å². The molecule has 122 valence electrons. The van der Waals surface area contributed by atoms with Crippen LogP contribution in [0.4, 0.5) is 0 Å². The molecular weight excluding hydrogens is 344 g/mol. The average molecular weight is 369 g/mol. The minimum Gasteiger partial charge on any atom is -0.491 e. The van der Waals surface area contributed by atoms with E-state index < -0.39 is 0 Å². The van der Waals surface area contributed by atoms with Crippen molar-refractivity contribution >= 4 is 21.8 Å². The van der Waals surface area contributed by atoms with Crippen molar-refractivity contribution in [3.05, 3.63) is 28.2 Å². The molecule has 22 heavy (non-hydrogen) atoms. The highest BCUT2D eigenvalue weighted by atomic mass is 79.9. The molecular formula is C17H25BrN2O2. The second-order valence-electron chi connectivity index (χ2n) is 5.93. The molecule has 1 aliphatic rings. The lowest BCUT2D eigenvalue weighted by Crippen LogP contribution is -2.28. The van der Waals surface area contributed by atoms with Gasteiger partial charge in [0.25, 0.3) is 0 Å². The van der Waals surface area contributed by atoms with Crippen molar-refractivity contribution in [2.24, 2.45) is 0 Å². The van der Waals surface area contributed by atoms with Crippen LogP contribution in [-0.2, 0) is 11.3 Å². The summed E-state index contributed by atoms with van der Waals surface area (Å²) in [5.74, 6) is 1.24. The molecule has 1 heterocycles. The maximum absolute atomic E-state index is 11.5. The summed E-state index contributed by atoms with van der Waals surface area (Å²) in [7, 11) is 0. The van der Waals surface area contributed by atoms with E-state index in [4.69, 9.17) is 4.74 Å². The van der Waals surface area contributed by atoms with Gasteiger partial charge in [0, 0.05) is 36.1 Å². The molecule has 0 unspecified atom stereocenters. The topological polar surface area (TPSA) is 41.6 Å². The molecule has 1 saturated heterocycles. The van der Waals surface area contributed by atoms with Crippen LogP contribution >= 0.6 is 15.9 Å². The zero-order valence-electron chi connectivity index (χ0n) is 13.4. The van der Waals surface area contributed by atoms with Crippen molar-refractivity contribution in [1.82, 2.24) is 10.2 Å². The number of ether oxygens (including phenoxy) is 1. The van der Waals surface area contributed by atoms with Crippen molar-refractivity contribution in [3.63, 3.8) is 0 Å². The molecule has 0 aromatic heterocycles. The van der Waals surface area contributed by atoms with Crippen LogP contribution in [0.15, 0.2) is 22.7 Å². The van der Waals surface area contributed by atoms with Crippen LogP contribution < -0.4 is 10.1 Å².